The maximum absolute atomic E-state index is 13.6. The minimum atomic E-state index is -0.630. The van der Waals surface area contributed by atoms with Crippen LogP contribution in [0.5, 0.6) is 5.75 Å². The summed E-state index contributed by atoms with van der Waals surface area (Å²) in [5.74, 6) is -1.04. The number of carbonyl (C=O) groups is 2. The molecule has 0 aliphatic heterocycles. The first-order valence-electron chi connectivity index (χ1n) is 11.9. The summed E-state index contributed by atoms with van der Waals surface area (Å²) in [6.07, 6.45) is 3.93. The standard InChI is InChI=1S/C26H31FN6O3/c1-30-18-4-3-5-19(13-18)33-24(28)22(25(29)34)23(32-33)16-8-6-15(7-9-16)14-31-26(35)20-12-17(27)10-11-21(20)36-2/h6-12,18-19,30H,3-5,13-14,28H2,1-2H3,(H2,29,34)(H,31,35)/t18-,19-/m0/s1. The molecule has 0 radical (unpaired) electrons. The molecule has 0 saturated heterocycles. The van der Waals surface area contributed by atoms with Crippen molar-refractivity contribution in [2.45, 2.75) is 44.3 Å². The average Bonchev–Trinajstić information content (AvgIpc) is 3.24. The Morgan fingerprint density at radius 3 is 2.61 bits per heavy atom. The van der Waals surface area contributed by atoms with Gasteiger partial charge in [0.05, 0.1) is 18.7 Å². The minimum Gasteiger partial charge on any atom is -0.496 e. The molecule has 1 aromatic heterocycles. The lowest BCUT2D eigenvalue weighted by atomic mass is 9.91. The number of rotatable bonds is 8. The van der Waals surface area contributed by atoms with Crippen molar-refractivity contribution in [1.29, 1.82) is 0 Å². The van der Waals surface area contributed by atoms with Crippen molar-refractivity contribution in [2.75, 3.05) is 19.9 Å². The lowest BCUT2D eigenvalue weighted by Gasteiger charge is -2.29. The molecule has 190 valence electrons. The molecule has 4 rings (SSSR count). The van der Waals surface area contributed by atoms with E-state index in [2.05, 4.69) is 10.6 Å². The van der Waals surface area contributed by atoms with Crippen LogP contribution >= 0.6 is 0 Å². The number of hydrogen-bond acceptors (Lipinski definition) is 6. The molecular formula is C26H31FN6O3. The molecule has 2 atom stereocenters. The molecule has 3 aromatic rings. The topological polar surface area (TPSA) is 137 Å². The summed E-state index contributed by atoms with van der Waals surface area (Å²) in [7, 11) is 3.36. The van der Waals surface area contributed by atoms with Gasteiger partial charge in [0.15, 0.2) is 0 Å². The van der Waals surface area contributed by atoms with Gasteiger partial charge in [0.1, 0.15) is 28.6 Å². The van der Waals surface area contributed by atoms with Gasteiger partial charge < -0.3 is 26.8 Å². The van der Waals surface area contributed by atoms with Gasteiger partial charge in [-0.15, -0.1) is 0 Å². The molecule has 6 N–H and O–H groups in total. The average molecular weight is 495 g/mol. The van der Waals surface area contributed by atoms with Crippen molar-refractivity contribution in [3.8, 4) is 17.0 Å². The van der Waals surface area contributed by atoms with Gasteiger partial charge in [-0.25, -0.2) is 9.07 Å². The second-order valence-corrected chi connectivity index (χ2v) is 8.95. The smallest absolute Gasteiger partial charge is 0.255 e. The largest absolute Gasteiger partial charge is 0.496 e. The fourth-order valence-electron chi connectivity index (χ4n) is 4.73. The van der Waals surface area contributed by atoms with Crippen molar-refractivity contribution in [1.82, 2.24) is 20.4 Å². The number of ether oxygens (including phenoxy) is 1. The van der Waals surface area contributed by atoms with E-state index < -0.39 is 17.6 Å². The van der Waals surface area contributed by atoms with Gasteiger partial charge in [0.2, 0.25) is 0 Å². The highest BCUT2D eigenvalue weighted by molar-refractivity contribution is 6.03. The van der Waals surface area contributed by atoms with E-state index in [1.807, 2.05) is 19.2 Å². The van der Waals surface area contributed by atoms with Crippen LogP contribution in [-0.2, 0) is 6.54 Å². The number of anilines is 1. The maximum atomic E-state index is 13.6. The zero-order valence-electron chi connectivity index (χ0n) is 20.4. The maximum Gasteiger partial charge on any atom is 0.255 e. The number of amides is 2. The van der Waals surface area contributed by atoms with Crippen LogP contribution in [0.15, 0.2) is 42.5 Å². The number of hydrogen-bond donors (Lipinski definition) is 4. The van der Waals surface area contributed by atoms with E-state index in [1.54, 1.807) is 16.8 Å². The molecular weight excluding hydrogens is 463 g/mol. The number of nitrogen functional groups attached to an aromatic ring is 1. The van der Waals surface area contributed by atoms with Crippen LogP contribution in [0.3, 0.4) is 0 Å². The fraction of sp³-hybridized carbons (Fsp3) is 0.346. The predicted molar refractivity (Wildman–Crippen MR) is 135 cm³/mol. The van der Waals surface area contributed by atoms with Gasteiger partial charge in [-0.2, -0.15) is 5.10 Å². The summed E-state index contributed by atoms with van der Waals surface area (Å²) in [5.41, 5.74) is 14.3. The molecule has 1 aliphatic rings. The fourth-order valence-corrected chi connectivity index (χ4v) is 4.73. The highest BCUT2D eigenvalue weighted by Crippen LogP contribution is 2.35. The first-order chi connectivity index (χ1) is 17.3. The van der Waals surface area contributed by atoms with E-state index in [-0.39, 0.29) is 35.3 Å². The number of primary amides is 1. The third-order valence-electron chi connectivity index (χ3n) is 6.68. The highest BCUT2D eigenvalue weighted by atomic mass is 19.1. The molecule has 0 spiro atoms. The molecule has 1 saturated carbocycles. The van der Waals surface area contributed by atoms with E-state index in [1.165, 1.54) is 19.2 Å². The monoisotopic (exact) mass is 494 g/mol. The van der Waals surface area contributed by atoms with Crippen molar-refractivity contribution >= 4 is 17.6 Å². The van der Waals surface area contributed by atoms with Crippen LogP contribution in [0.25, 0.3) is 11.3 Å². The number of carbonyl (C=O) groups excluding carboxylic acids is 2. The van der Waals surface area contributed by atoms with Crippen LogP contribution in [0.4, 0.5) is 10.2 Å². The summed E-state index contributed by atoms with van der Waals surface area (Å²) in [4.78, 5) is 24.8. The summed E-state index contributed by atoms with van der Waals surface area (Å²) >= 11 is 0. The van der Waals surface area contributed by atoms with E-state index in [0.717, 1.165) is 37.3 Å². The zero-order valence-corrected chi connectivity index (χ0v) is 20.4. The first kappa shape index (κ1) is 25.2. The SMILES string of the molecule is CN[C@H]1CCC[C@H](n2nc(-c3ccc(CNC(=O)c4cc(F)ccc4OC)cc3)c(C(N)=O)c2N)C1. The Morgan fingerprint density at radius 1 is 1.19 bits per heavy atom. The van der Waals surface area contributed by atoms with Crippen molar-refractivity contribution in [3.05, 3.63) is 65.0 Å². The zero-order chi connectivity index (χ0) is 25.8. The van der Waals surface area contributed by atoms with Crippen LogP contribution < -0.4 is 26.8 Å². The Labute approximate surface area is 209 Å². The van der Waals surface area contributed by atoms with E-state index in [4.69, 9.17) is 21.3 Å². The number of nitrogens with two attached hydrogens (primary N) is 2. The molecule has 10 heteroatoms. The number of methoxy groups -OCH3 is 1. The molecule has 2 amide bonds. The molecule has 1 aliphatic carbocycles. The lowest BCUT2D eigenvalue weighted by Crippen LogP contribution is -2.33. The molecule has 9 nitrogen and oxygen atoms in total. The number of aromatic nitrogens is 2. The minimum absolute atomic E-state index is 0.0809. The molecule has 1 fully saturated rings. The van der Waals surface area contributed by atoms with Gasteiger partial charge in [-0.05, 0) is 56.5 Å². The van der Waals surface area contributed by atoms with Crippen LogP contribution in [0, 0.1) is 5.82 Å². The molecule has 2 aromatic carbocycles. The Hall–Kier alpha value is -3.92. The Balaban J connectivity index is 1.53. The summed E-state index contributed by atoms with van der Waals surface area (Å²) < 4.78 is 20.5. The Morgan fingerprint density at radius 2 is 1.94 bits per heavy atom. The van der Waals surface area contributed by atoms with Crippen LogP contribution in [-0.4, -0.2) is 41.8 Å². The number of nitrogens with one attached hydrogen (secondary N) is 2. The third-order valence-corrected chi connectivity index (χ3v) is 6.68. The second-order valence-electron chi connectivity index (χ2n) is 8.95. The summed E-state index contributed by atoms with van der Waals surface area (Å²) in [6, 6.07) is 11.5. The van der Waals surface area contributed by atoms with Crippen LogP contribution in [0.2, 0.25) is 0 Å². The predicted octanol–water partition coefficient (Wildman–Crippen LogP) is 3.01. The molecule has 1 heterocycles. The van der Waals surface area contributed by atoms with Gasteiger partial charge in [0.25, 0.3) is 11.8 Å². The Kier molecular flexibility index (Phi) is 7.54. The van der Waals surface area contributed by atoms with Crippen molar-refractivity contribution in [2.24, 2.45) is 5.73 Å². The number of halogens is 1. The normalized spacial score (nSPS) is 17.5. The molecule has 0 bridgehead atoms. The number of benzene rings is 2. The van der Waals surface area contributed by atoms with Gasteiger partial charge in [-0.3, -0.25) is 9.59 Å². The first-order valence-corrected chi connectivity index (χ1v) is 11.9. The quantitative estimate of drug-likeness (QED) is 0.380. The lowest BCUT2D eigenvalue weighted by molar-refractivity contribution is 0.0946. The van der Waals surface area contributed by atoms with E-state index in [9.17, 15) is 14.0 Å². The highest BCUT2D eigenvalue weighted by Gasteiger charge is 2.29. The number of nitrogens with zero attached hydrogens (tertiary/aromatic N) is 2. The summed E-state index contributed by atoms with van der Waals surface area (Å²) in [5, 5.41) is 10.8. The molecule has 36 heavy (non-hydrogen) atoms. The summed E-state index contributed by atoms with van der Waals surface area (Å²) in [6.45, 7) is 0.214. The second kappa shape index (κ2) is 10.8. The third kappa shape index (κ3) is 5.18. The van der Waals surface area contributed by atoms with Gasteiger partial charge >= 0.3 is 0 Å². The van der Waals surface area contributed by atoms with Gasteiger partial charge in [-0.1, -0.05) is 24.3 Å². The van der Waals surface area contributed by atoms with E-state index in [0.29, 0.717) is 17.3 Å². The van der Waals surface area contributed by atoms with Crippen molar-refractivity contribution in [3.63, 3.8) is 0 Å². The van der Waals surface area contributed by atoms with Crippen LogP contribution in [0.1, 0.15) is 58.0 Å². The van der Waals surface area contributed by atoms with E-state index >= 15 is 0 Å². The van der Waals surface area contributed by atoms with Gasteiger partial charge in [0, 0.05) is 18.2 Å². The Bertz CT molecular complexity index is 1260. The molecule has 0 unspecified atom stereocenters. The van der Waals surface area contributed by atoms with Crippen molar-refractivity contribution < 1.29 is 18.7 Å².